The van der Waals surface area contributed by atoms with Crippen molar-refractivity contribution in [3.63, 3.8) is 0 Å². The number of benzene rings is 1. The smallest absolute Gasteiger partial charge is 0.0637 e. The van der Waals surface area contributed by atoms with Gasteiger partial charge in [0.2, 0.25) is 0 Å². The van der Waals surface area contributed by atoms with Crippen molar-refractivity contribution in [2.75, 3.05) is 11.9 Å². The Hall–Kier alpha value is -1.22. The Labute approximate surface area is 81.3 Å². The molecule has 1 aromatic carbocycles. The highest BCUT2D eigenvalue weighted by molar-refractivity contribution is 6.33. The molecule has 0 saturated carbocycles. The minimum absolute atomic E-state index is 0.0226. The van der Waals surface area contributed by atoms with Crippen LogP contribution in [0.4, 0.5) is 5.69 Å². The summed E-state index contributed by atoms with van der Waals surface area (Å²) < 4.78 is 0. The molecule has 0 spiro atoms. The van der Waals surface area contributed by atoms with Crippen molar-refractivity contribution in [3.05, 3.63) is 29.3 Å². The van der Waals surface area contributed by atoms with E-state index in [1.807, 2.05) is 12.1 Å². The number of carbonyl (C=O) groups excluding carboxylic acids is 1. The zero-order valence-corrected chi connectivity index (χ0v) is 7.67. The van der Waals surface area contributed by atoms with E-state index in [4.69, 9.17) is 11.6 Å². The van der Waals surface area contributed by atoms with Crippen LogP contribution in [0.1, 0.15) is 6.42 Å². The van der Waals surface area contributed by atoms with Gasteiger partial charge in [-0.2, -0.15) is 0 Å². The van der Waals surface area contributed by atoms with Gasteiger partial charge in [0.15, 0.2) is 0 Å². The Morgan fingerprint density at radius 3 is 2.77 bits per heavy atom. The molecule has 13 heavy (non-hydrogen) atoms. The molecular weight excluding hydrogens is 190 g/mol. The predicted molar refractivity (Wildman–Crippen MR) is 49.6 cm³/mol. The molecule has 3 nitrogen and oxygen atoms in total. The lowest BCUT2D eigenvalue weighted by atomic mass is 10.3. The van der Waals surface area contributed by atoms with Crippen LogP contribution in [0, 0.1) is 0 Å². The SMILES string of the molecule is O=C([O-])CCNc1ccccc1Cl. The molecule has 0 unspecified atom stereocenters. The first-order chi connectivity index (χ1) is 6.20. The number of hydrogen-bond donors (Lipinski definition) is 1. The lowest BCUT2D eigenvalue weighted by Crippen LogP contribution is -2.24. The zero-order chi connectivity index (χ0) is 9.68. The Balaban J connectivity index is 2.45. The van der Waals surface area contributed by atoms with Gasteiger partial charge in [0, 0.05) is 18.9 Å². The molecule has 0 amide bonds. The van der Waals surface area contributed by atoms with Crippen LogP contribution in [0.15, 0.2) is 24.3 Å². The van der Waals surface area contributed by atoms with Crippen LogP contribution in [0.25, 0.3) is 0 Å². The first-order valence-electron chi connectivity index (χ1n) is 3.88. The van der Waals surface area contributed by atoms with Crippen LogP contribution < -0.4 is 10.4 Å². The minimum Gasteiger partial charge on any atom is -0.550 e. The second-order valence-electron chi connectivity index (χ2n) is 2.53. The van der Waals surface area contributed by atoms with E-state index in [9.17, 15) is 9.90 Å². The minimum atomic E-state index is -1.07. The van der Waals surface area contributed by atoms with E-state index in [1.165, 1.54) is 0 Å². The van der Waals surface area contributed by atoms with Gasteiger partial charge < -0.3 is 15.2 Å². The summed E-state index contributed by atoms with van der Waals surface area (Å²) in [6, 6.07) is 7.17. The summed E-state index contributed by atoms with van der Waals surface area (Å²) in [5.41, 5.74) is 0.741. The summed E-state index contributed by atoms with van der Waals surface area (Å²) in [6.07, 6.45) is -0.0226. The quantitative estimate of drug-likeness (QED) is 0.782. The molecule has 0 atom stereocenters. The maximum Gasteiger partial charge on any atom is 0.0637 e. The van der Waals surface area contributed by atoms with E-state index < -0.39 is 5.97 Å². The van der Waals surface area contributed by atoms with Crippen molar-refractivity contribution in [1.82, 2.24) is 0 Å². The summed E-state index contributed by atoms with van der Waals surface area (Å²) in [5.74, 6) is -1.07. The van der Waals surface area contributed by atoms with Crippen LogP contribution in [0.3, 0.4) is 0 Å². The molecule has 0 fully saturated rings. The van der Waals surface area contributed by atoms with Crippen LogP contribution in [0.2, 0.25) is 5.02 Å². The molecule has 0 aliphatic rings. The number of carbonyl (C=O) groups is 1. The van der Waals surface area contributed by atoms with Crippen LogP contribution in [-0.4, -0.2) is 12.5 Å². The van der Waals surface area contributed by atoms with Gasteiger partial charge in [-0.25, -0.2) is 0 Å². The highest BCUT2D eigenvalue weighted by Crippen LogP contribution is 2.19. The first kappa shape index (κ1) is 9.86. The van der Waals surface area contributed by atoms with Gasteiger partial charge >= 0.3 is 0 Å². The summed E-state index contributed by atoms with van der Waals surface area (Å²) >= 11 is 5.81. The van der Waals surface area contributed by atoms with Crippen molar-refractivity contribution in [3.8, 4) is 0 Å². The lowest BCUT2D eigenvalue weighted by molar-refractivity contribution is -0.305. The Kier molecular flexibility index (Phi) is 3.58. The standard InChI is InChI=1S/C9H10ClNO2/c10-7-3-1-2-4-8(7)11-6-5-9(12)13/h1-4,11H,5-6H2,(H,12,13)/p-1. The van der Waals surface area contributed by atoms with Crippen molar-refractivity contribution < 1.29 is 9.90 Å². The fraction of sp³-hybridized carbons (Fsp3) is 0.222. The van der Waals surface area contributed by atoms with Crippen LogP contribution in [0.5, 0.6) is 0 Å². The zero-order valence-electron chi connectivity index (χ0n) is 6.92. The van der Waals surface area contributed by atoms with Crippen molar-refractivity contribution in [2.45, 2.75) is 6.42 Å². The third kappa shape index (κ3) is 3.34. The van der Waals surface area contributed by atoms with Gasteiger partial charge in [-0.1, -0.05) is 23.7 Å². The first-order valence-corrected chi connectivity index (χ1v) is 4.26. The van der Waals surface area contributed by atoms with Gasteiger partial charge in [-0.3, -0.25) is 0 Å². The van der Waals surface area contributed by atoms with Gasteiger partial charge in [-0.05, 0) is 12.1 Å². The second-order valence-corrected chi connectivity index (χ2v) is 2.94. The number of halogens is 1. The molecule has 0 aliphatic carbocycles. The Morgan fingerprint density at radius 1 is 1.46 bits per heavy atom. The third-order valence-electron chi connectivity index (χ3n) is 1.52. The average molecular weight is 199 g/mol. The largest absolute Gasteiger partial charge is 0.550 e. The van der Waals surface area contributed by atoms with E-state index in [-0.39, 0.29) is 6.42 Å². The molecule has 0 aromatic heterocycles. The number of rotatable bonds is 4. The molecule has 1 aromatic rings. The molecule has 0 heterocycles. The number of carboxylic acids is 1. The summed E-state index contributed by atoms with van der Waals surface area (Å²) in [7, 11) is 0. The van der Waals surface area contributed by atoms with E-state index in [0.717, 1.165) is 5.69 Å². The number of carboxylic acid groups (broad SMARTS) is 1. The Bertz CT molecular complexity index is 301. The van der Waals surface area contributed by atoms with Gasteiger partial charge in [0.25, 0.3) is 0 Å². The monoisotopic (exact) mass is 198 g/mol. The highest BCUT2D eigenvalue weighted by atomic mass is 35.5. The second kappa shape index (κ2) is 4.72. The van der Waals surface area contributed by atoms with E-state index in [1.54, 1.807) is 12.1 Å². The molecule has 4 heteroatoms. The number of hydrogen-bond acceptors (Lipinski definition) is 3. The van der Waals surface area contributed by atoms with Crippen molar-refractivity contribution in [2.24, 2.45) is 0 Å². The Morgan fingerprint density at radius 2 is 2.15 bits per heavy atom. The van der Waals surface area contributed by atoms with E-state index in [0.29, 0.717) is 11.6 Å². The maximum absolute atomic E-state index is 10.1. The van der Waals surface area contributed by atoms with Gasteiger partial charge in [-0.15, -0.1) is 0 Å². The molecule has 0 bridgehead atoms. The molecule has 70 valence electrons. The maximum atomic E-state index is 10.1. The van der Waals surface area contributed by atoms with Crippen molar-refractivity contribution in [1.29, 1.82) is 0 Å². The van der Waals surface area contributed by atoms with Gasteiger partial charge in [0.1, 0.15) is 0 Å². The van der Waals surface area contributed by atoms with Gasteiger partial charge in [0.05, 0.1) is 10.7 Å². The van der Waals surface area contributed by atoms with Crippen molar-refractivity contribution >= 4 is 23.3 Å². The fourth-order valence-electron chi connectivity index (χ4n) is 0.904. The number of para-hydroxylation sites is 1. The summed E-state index contributed by atoms with van der Waals surface area (Å²) in [6.45, 7) is 0.325. The highest BCUT2D eigenvalue weighted by Gasteiger charge is 1.96. The van der Waals surface area contributed by atoms with E-state index >= 15 is 0 Å². The van der Waals surface area contributed by atoms with Crippen LogP contribution in [-0.2, 0) is 4.79 Å². The third-order valence-corrected chi connectivity index (χ3v) is 1.85. The number of nitrogens with one attached hydrogen (secondary N) is 1. The van der Waals surface area contributed by atoms with E-state index in [2.05, 4.69) is 5.32 Å². The average Bonchev–Trinajstić information content (AvgIpc) is 2.08. The summed E-state index contributed by atoms with van der Waals surface area (Å²) in [4.78, 5) is 10.1. The lowest BCUT2D eigenvalue weighted by Gasteiger charge is -2.07. The molecule has 0 radical (unpaired) electrons. The predicted octanol–water partition coefficient (Wildman–Crippen LogP) is 0.892. The normalized spacial score (nSPS) is 9.62. The summed E-state index contributed by atoms with van der Waals surface area (Å²) in [5, 5.41) is 13.6. The fourth-order valence-corrected chi connectivity index (χ4v) is 1.11. The molecule has 1 rings (SSSR count). The topological polar surface area (TPSA) is 52.2 Å². The number of anilines is 1. The number of aliphatic carboxylic acids is 1. The molecule has 0 aliphatic heterocycles. The molecule has 0 saturated heterocycles. The molecule has 1 N–H and O–H groups in total. The van der Waals surface area contributed by atoms with Crippen LogP contribution >= 0.6 is 11.6 Å². The molecular formula is C9H9ClNO2-.